The Labute approximate surface area is 209 Å². The largest absolute Gasteiger partial charge is 0.310 e. The normalized spacial score (nSPS) is 14.9. The molecule has 0 N–H and O–H groups in total. The Morgan fingerprint density at radius 1 is 1.09 bits per heavy atom. The summed E-state index contributed by atoms with van der Waals surface area (Å²) in [6, 6.07) is 16.7. The zero-order valence-electron chi connectivity index (χ0n) is 18.0. The second-order valence-corrected chi connectivity index (χ2v) is 9.82. The number of rotatable bonds is 3. The summed E-state index contributed by atoms with van der Waals surface area (Å²) in [5.74, 6) is 1.38. The summed E-state index contributed by atoms with van der Waals surface area (Å²) in [5, 5.41) is 19.9. The van der Waals surface area contributed by atoms with E-state index < -0.39 is 0 Å². The van der Waals surface area contributed by atoms with Crippen LogP contribution in [-0.4, -0.2) is 19.3 Å². The SMILES string of the molecule is N#CC(c1nnc2n1CCCCC2)=c1sc(=Cc2ccc(Cl)cc2Cl)c(=O)n1-c1ccccc1. The first-order valence-electron chi connectivity index (χ1n) is 10.9. The summed E-state index contributed by atoms with van der Waals surface area (Å²) in [6.07, 6.45) is 5.72. The zero-order valence-corrected chi connectivity index (χ0v) is 20.4. The average molecular weight is 508 g/mol. The third kappa shape index (κ3) is 4.21. The van der Waals surface area contributed by atoms with Crippen molar-refractivity contribution in [1.29, 1.82) is 5.26 Å². The van der Waals surface area contributed by atoms with E-state index in [-0.39, 0.29) is 5.56 Å². The topological polar surface area (TPSA) is 76.5 Å². The van der Waals surface area contributed by atoms with Gasteiger partial charge in [0.15, 0.2) is 5.82 Å². The number of fused-ring (bicyclic) bond motifs is 1. The number of aryl methyl sites for hydroxylation is 1. The number of aromatic nitrogens is 4. The Morgan fingerprint density at radius 2 is 1.91 bits per heavy atom. The van der Waals surface area contributed by atoms with Crippen LogP contribution in [0.25, 0.3) is 17.3 Å². The molecule has 0 radical (unpaired) electrons. The Kier molecular flexibility index (Phi) is 6.38. The highest BCUT2D eigenvalue weighted by atomic mass is 35.5. The molecule has 0 spiro atoms. The molecule has 170 valence electrons. The fourth-order valence-corrected chi connectivity index (χ4v) is 5.64. The van der Waals surface area contributed by atoms with Gasteiger partial charge in [-0.1, -0.05) is 53.9 Å². The number of benzene rings is 2. The molecule has 0 fully saturated rings. The summed E-state index contributed by atoms with van der Waals surface area (Å²) in [6.45, 7) is 0.753. The minimum atomic E-state index is -0.236. The summed E-state index contributed by atoms with van der Waals surface area (Å²) in [7, 11) is 0. The van der Waals surface area contributed by atoms with Crippen molar-refractivity contribution in [3.05, 3.63) is 95.3 Å². The zero-order chi connectivity index (χ0) is 23.7. The summed E-state index contributed by atoms with van der Waals surface area (Å²) >= 11 is 13.6. The molecule has 0 unspecified atom stereocenters. The van der Waals surface area contributed by atoms with Gasteiger partial charge in [-0.25, -0.2) is 0 Å². The average Bonchev–Trinajstić information content (AvgIpc) is 3.28. The summed E-state index contributed by atoms with van der Waals surface area (Å²) in [4.78, 5) is 13.6. The van der Waals surface area contributed by atoms with Crippen molar-refractivity contribution >= 4 is 46.2 Å². The van der Waals surface area contributed by atoms with Crippen LogP contribution in [0.2, 0.25) is 10.0 Å². The number of halogens is 2. The van der Waals surface area contributed by atoms with E-state index in [1.165, 1.54) is 11.3 Å². The molecule has 0 bridgehead atoms. The van der Waals surface area contributed by atoms with Crippen LogP contribution in [0, 0.1) is 11.3 Å². The lowest BCUT2D eigenvalue weighted by Crippen LogP contribution is -2.31. The van der Waals surface area contributed by atoms with E-state index in [4.69, 9.17) is 23.2 Å². The third-order valence-electron chi connectivity index (χ3n) is 5.75. The third-order valence-corrected chi connectivity index (χ3v) is 7.40. The van der Waals surface area contributed by atoms with E-state index in [0.717, 1.165) is 38.1 Å². The van der Waals surface area contributed by atoms with Gasteiger partial charge in [-0.05, 0) is 48.7 Å². The molecule has 0 aliphatic carbocycles. The molecule has 2 aromatic carbocycles. The number of nitriles is 1. The van der Waals surface area contributed by atoms with Crippen molar-refractivity contribution in [2.24, 2.45) is 0 Å². The lowest BCUT2D eigenvalue weighted by Gasteiger charge is -2.07. The molecule has 34 heavy (non-hydrogen) atoms. The highest BCUT2D eigenvalue weighted by molar-refractivity contribution is 7.07. The van der Waals surface area contributed by atoms with Crippen LogP contribution in [0.5, 0.6) is 0 Å². The molecule has 2 aromatic heterocycles. The van der Waals surface area contributed by atoms with Gasteiger partial charge in [0.2, 0.25) is 0 Å². The van der Waals surface area contributed by atoms with Crippen LogP contribution in [-0.2, 0) is 13.0 Å². The van der Waals surface area contributed by atoms with Crippen LogP contribution in [0.4, 0.5) is 0 Å². The first kappa shape index (κ1) is 22.6. The van der Waals surface area contributed by atoms with Crippen LogP contribution < -0.4 is 14.8 Å². The molecule has 0 amide bonds. The number of para-hydroxylation sites is 1. The van der Waals surface area contributed by atoms with Crippen LogP contribution in [0.3, 0.4) is 0 Å². The second-order valence-electron chi connectivity index (χ2n) is 7.95. The quantitative estimate of drug-likeness (QED) is 0.418. The minimum Gasteiger partial charge on any atom is -0.310 e. The number of thiazole rings is 1. The maximum absolute atomic E-state index is 13.6. The molecule has 1 aliphatic heterocycles. The molecule has 0 atom stereocenters. The number of nitrogens with zero attached hydrogens (tertiary/aromatic N) is 5. The lowest BCUT2D eigenvalue weighted by atomic mass is 10.2. The van der Waals surface area contributed by atoms with E-state index in [1.54, 1.807) is 28.8 Å². The highest BCUT2D eigenvalue weighted by Gasteiger charge is 2.21. The number of hydrogen-bond donors (Lipinski definition) is 0. The van der Waals surface area contributed by atoms with E-state index in [9.17, 15) is 10.1 Å². The fraction of sp³-hybridized carbons (Fsp3) is 0.200. The standard InChI is InChI=1S/C25H19Cl2N5OS/c26-17-11-10-16(20(27)14-17)13-21-24(33)32(18-7-3-1-4-8-18)25(34-21)19(15-28)23-30-29-22-9-5-2-6-12-31(22)23/h1,3-4,7-8,10-11,13-14H,2,5-6,9,12H2. The van der Waals surface area contributed by atoms with Gasteiger partial charge in [0.1, 0.15) is 22.1 Å². The van der Waals surface area contributed by atoms with Gasteiger partial charge in [0.25, 0.3) is 5.56 Å². The van der Waals surface area contributed by atoms with Gasteiger partial charge < -0.3 is 4.57 Å². The fourth-order valence-electron chi connectivity index (χ4n) is 4.08. The Balaban J connectivity index is 1.83. The maximum atomic E-state index is 13.6. The van der Waals surface area contributed by atoms with Crippen LogP contribution in [0.1, 0.15) is 36.5 Å². The van der Waals surface area contributed by atoms with Gasteiger partial charge in [0.05, 0.1) is 10.2 Å². The molecule has 4 aromatic rings. The van der Waals surface area contributed by atoms with Gasteiger partial charge in [-0.3, -0.25) is 9.36 Å². The predicted octanol–water partition coefficient (Wildman–Crippen LogP) is 4.08. The van der Waals surface area contributed by atoms with Crippen molar-refractivity contribution in [1.82, 2.24) is 19.3 Å². The van der Waals surface area contributed by atoms with Crippen molar-refractivity contribution in [2.45, 2.75) is 32.2 Å². The molecule has 0 saturated heterocycles. The molecular formula is C25H19Cl2N5OS. The molecule has 9 heteroatoms. The van der Waals surface area contributed by atoms with E-state index in [2.05, 4.69) is 16.3 Å². The molecule has 0 saturated carbocycles. The monoisotopic (exact) mass is 507 g/mol. The van der Waals surface area contributed by atoms with Crippen molar-refractivity contribution in [3.8, 4) is 11.8 Å². The number of hydrogen-bond acceptors (Lipinski definition) is 5. The van der Waals surface area contributed by atoms with E-state index >= 15 is 0 Å². The van der Waals surface area contributed by atoms with Gasteiger partial charge in [0, 0.05) is 23.0 Å². The maximum Gasteiger partial charge on any atom is 0.273 e. The van der Waals surface area contributed by atoms with Gasteiger partial charge >= 0.3 is 0 Å². The Bertz CT molecular complexity index is 1590. The van der Waals surface area contributed by atoms with Gasteiger partial charge in [-0.2, -0.15) is 5.26 Å². The van der Waals surface area contributed by atoms with Gasteiger partial charge in [-0.15, -0.1) is 21.5 Å². The molecule has 3 heterocycles. The van der Waals surface area contributed by atoms with Crippen molar-refractivity contribution in [2.75, 3.05) is 0 Å². The smallest absolute Gasteiger partial charge is 0.273 e. The lowest BCUT2D eigenvalue weighted by molar-refractivity contribution is 0.627. The molecule has 1 aliphatic rings. The molecule has 5 rings (SSSR count). The summed E-state index contributed by atoms with van der Waals surface area (Å²) in [5.41, 5.74) is 1.43. The predicted molar refractivity (Wildman–Crippen MR) is 135 cm³/mol. The minimum absolute atomic E-state index is 0.236. The second kappa shape index (κ2) is 9.59. The Hall–Kier alpha value is -3.18. The van der Waals surface area contributed by atoms with Crippen molar-refractivity contribution < 1.29 is 0 Å². The molecular weight excluding hydrogens is 489 g/mol. The van der Waals surface area contributed by atoms with Crippen molar-refractivity contribution in [3.63, 3.8) is 0 Å². The Morgan fingerprint density at radius 3 is 2.68 bits per heavy atom. The van der Waals surface area contributed by atoms with E-state index in [0.29, 0.717) is 41.9 Å². The van der Waals surface area contributed by atoms with E-state index in [1.807, 2.05) is 34.9 Å². The van der Waals surface area contributed by atoms with Crippen LogP contribution >= 0.6 is 34.5 Å². The first-order valence-corrected chi connectivity index (χ1v) is 12.4. The highest BCUT2D eigenvalue weighted by Crippen LogP contribution is 2.22. The first-order chi connectivity index (χ1) is 16.6. The molecule has 6 nitrogen and oxygen atoms in total. The van der Waals surface area contributed by atoms with Crippen LogP contribution in [0.15, 0.2) is 53.3 Å². The summed E-state index contributed by atoms with van der Waals surface area (Å²) < 4.78 is 4.54.